The van der Waals surface area contributed by atoms with Gasteiger partial charge in [0.15, 0.2) is 0 Å². The molecule has 1 fully saturated rings. The number of aryl methyl sites for hydroxylation is 2. The van der Waals surface area contributed by atoms with Gasteiger partial charge in [-0.3, -0.25) is 9.69 Å². The van der Waals surface area contributed by atoms with Gasteiger partial charge in [0.1, 0.15) is 17.6 Å². The summed E-state index contributed by atoms with van der Waals surface area (Å²) in [7, 11) is 0. The van der Waals surface area contributed by atoms with Crippen LogP contribution in [0.3, 0.4) is 0 Å². The molecule has 1 aromatic heterocycles. The van der Waals surface area contributed by atoms with Crippen LogP contribution in [0, 0.1) is 0 Å². The molecule has 0 radical (unpaired) electrons. The first-order chi connectivity index (χ1) is 16.1. The highest BCUT2D eigenvalue weighted by atomic mass is 16.5. The quantitative estimate of drug-likeness (QED) is 0.496. The van der Waals surface area contributed by atoms with E-state index in [1.807, 2.05) is 36.1 Å². The maximum atomic E-state index is 12.0. The van der Waals surface area contributed by atoms with Crippen LogP contribution >= 0.6 is 0 Å². The number of nitrogens with one attached hydrogen (secondary N) is 1. The molecule has 0 saturated carbocycles. The molecule has 0 aliphatic carbocycles. The third-order valence-corrected chi connectivity index (χ3v) is 6.41. The third-order valence-electron chi connectivity index (χ3n) is 6.41. The molecule has 2 aliphatic heterocycles. The molecule has 4 rings (SSSR count). The number of likely N-dealkylation sites (tertiary alicyclic amines) is 1. The number of fused-ring (bicyclic) bond motifs is 1. The lowest BCUT2D eigenvalue weighted by molar-refractivity contribution is -0.143. The zero-order valence-electron chi connectivity index (χ0n) is 19.5. The SMILES string of the molecule is CCOc1ccc(C(C(=O)O)N2CCC(OCCCCc3ccc4c(n3)NCCC4)C2)cc1. The van der Waals surface area contributed by atoms with Gasteiger partial charge >= 0.3 is 5.97 Å². The van der Waals surface area contributed by atoms with Crippen LogP contribution in [-0.2, 0) is 22.4 Å². The fourth-order valence-electron chi connectivity index (χ4n) is 4.71. The van der Waals surface area contributed by atoms with Gasteiger partial charge in [0.2, 0.25) is 0 Å². The average molecular weight is 454 g/mol. The van der Waals surface area contributed by atoms with E-state index < -0.39 is 12.0 Å². The van der Waals surface area contributed by atoms with Crippen molar-refractivity contribution in [2.45, 2.75) is 57.6 Å². The van der Waals surface area contributed by atoms with E-state index in [0.717, 1.165) is 68.0 Å². The number of rotatable bonds is 11. The van der Waals surface area contributed by atoms with Crippen LogP contribution in [0.5, 0.6) is 5.75 Å². The van der Waals surface area contributed by atoms with Crippen molar-refractivity contribution < 1.29 is 19.4 Å². The number of carboxylic acid groups (broad SMARTS) is 1. The molecule has 7 heteroatoms. The number of anilines is 1. The molecule has 2 aliphatic rings. The molecule has 178 valence electrons. The van der Waals surface area contributed by atoms with E-state index in [-0.39, 0.29) is 6.10 Å². The first-order valence-electron chi connectivity index (χ1n) is 12.2. The molecule has 2 aromatic rings. The Balaban J connectivity index is 1.20. The molecule has 1 aromatic carbocycles. The Labute approximate surface area is 196 Å². The molecule has 2 N–H and O–H groups in total. The van der Waals surface area contributed by atoms with E-state index in [2.05, 4.69) is 17.4 Å². The zero-order valence-corrected chi connectivity index (χ0v) is 19.5. The van der Waals surface area contributed by atoms with Crippen molar-refractivity contribution in [3.05, 3.63) is 53.2 Å². The standard InChI is InChI=1S/C26H35N3O4/c1-2-32-22-12-9-19(10-13-22)24(26(30)31)29-16-14-23(18-29)33-17-4-3-7-21-11-8-20-6-5-15-27-25(20)28-21/h8-13,23-24H,2-7,14-18H2,1H3,(H,27,28)(H,30,31). The second-order valence-corrected chi connectivity index (χ2v) is 8.82. The van der Waals surface area contributed by atoms with E-state index >= 15 is 0 Å². The van der Waals surface area contributed by atoms with E-state index in [1.165, 1.54) is 12.0 Å². The first kappa shape index (κ1) is 23.5. The molecular formula is C26H35N3O4. The molecule has 7 nitrogen and oxygen atoms in total. The number of benzene rings is 1. The summed E-state index contributed by atoms with van der Waals surface area (Å²) < 4.78 is 11.6. The molecule has 0 spiro atoms. The maximum Gasteiger partial charge on any atom is 0.325 e. The Morgan fingerprint density at radius 1 is 1.24 bits per heavy atom. The predicted molar refractivity (Wildman–Crippen MR) is 128 cm³/mol. The van der Waals surface area contributed by atoms with Gasteiger partial charge in [0, 0.05) is 31.9 Å². The van der Waals surface area contributed by atoms with Crippen LogP contribution in [0.2, 0.25) is 0 Å². The van der Waals surface area contributed by atoms with E-state index in [9.17, 15) is 9.90 Å². The number of hydrogen-bond acceptors (Lipinski definition) is 6. The number of ether oxygens (including phenoxy) is 2. The maximum absolute atomic E-state index is 12.0. The molecule has 0 bridgehead atoms. The number of carboxylic acids is 1. The lowest BCUT2D eigenvalue weighted by Gasteiger charge is -2.24. The normalized spacial score (nSPS) is 19.0. The zero-order chi connectivity index (χ0) is 23.0. The Kier molecular flexibility index (Phi) is 8.18. The summed E-state index contributed by atoms with van der Waals surface area (Å²) in [5, 5.41) is 13.2. The molecule has 2 unspecified atom stereocenters. The smallest absolute Gasteiger partial charge is 0.325 e. The number of pyridine rings is 1. The molecule has 3 heterocycles. The lowest BCUT2D eigenvalue weighted by atomic mass is 10.1. The van der Waals surface area contributed by atoms with Gasteiger partial charge in [-0.05, 0) is 74.8 Å². The van der Waals surface area contributed by atoms with Crippen molar-refractivity contribution in [1.29, 1.82) is 0 Å². The van der Waals surface area contributed by atoms with Gasteiger partial charge in [-0.15, -0.1) is 0 Å². The number of aliphatic carboxylic acids is 1. The summed E-state index contributed by atoms with van der Waals surface area (Å²) in [5.74, 6) is 0.989. The predicted octanol–water partition coefficient (Wildman–Crippen LogP) is 4.08. The number of unbranched alkanes of at least 4 members (excludes halogenated alkanes) is 1. The van der Waals surface area contributed by atoms with Crippen LogP contribution in [-0.4, -0.2) is 59.9 Å². The average Bonchev–Trinajstić information content (AvgIpc) is 3.28. The topological polar surface area (TPSA) is 83.9 Å². The monoisotopic (exact) mass is 453 g/mol. The number of carbonyl (C=O) groups is 1. The van der Waals surface area contributed by atoms with Crippen molar-refractivity contribution in [2.24, 2.45) is 0 Å². The minimum Gasteiger partial charge on any atom is -0.494 e. The largest absolute Gasteiger partial charge is 0.494 e. The van der Waals surface area contributed by atoms with Gasteiger partial charge in [-0.1, -0.05) is 18.2 Å². The first-order valence-corrected chi connectivity index (χ1v) is 12.2. The Morgan fingerprint density at radius 2 is 2.09 bits per heavy atom. The Hall–Kier alpha value is -2.64. The highest BCUT2D eigenvalue weighted by molar-refractivity contribution is 5.75. The summed E-state index contributed by atoms with van der Waals surface area (Å²) >= 11 is 0. The third kappa shape index (κ3) is 6.24. The van der Waals surface area contributed by atoms with Crippen LogP contribution in [0.15, 0.2) is 36.4 Å². The fraction of sp³-hybridized carbons (Fsp3) is 0.538. The fourth-order valence-corrected chi connectivity index (χ4v) is 4.71. The molecule has 0 amide bonds. The number of hydrogen-bond donors (Lipinski definition) is 2. The van der Waals surface area contributed by atoms with Gasteiger partial charge < -0.3 is 19.9 Å². The number of aromatic nitrogens is 1. The van der Waals surface area contributed by atoms with Crippen LogP contribution < -0.4 is 10.1 Å². The van der Waals surface area contributed by atoms with Crippen molar-refractivity contribution in [3.8, 4) is 5.75 Å². The molecule has 33 heavy (non-hydrogen) atoms. The Morgan fingerprint density at radius 3 is 2.88 bits per heavy atom. The minimum absolute atomic E-state index is 0.0839. The van der Waals surface area contributed by atoms with Crippen molar-refractivity contribution in [1.82, 2.24) is 9.88 Å². The van der Waals surface area contributed by atoms with E-state index in [0.29, 0.717) is 19.8 Å². The van der Waals surface area contributed by atoms with Crippen molar-refractivity contribution >= 4 is 11.8 Å². The summed E-state index contributed by atoms with van der Waals surface area (Å²) in [6, 6.07) is 11.1. The Bertz CT molecular complexity index is 918. The van der Waals surface area contributed by atoms with Gasteiger partial charge in [-0.2, -0.15) is 0 Å². The van der Waals surface area contributed by atoms with Crippen LogP contribution in [0.4, 0.5) is 5.82 Å². The molecule has 1 saturated heterocycles. The van der Waals surface area contributed by atoms with E-state index in [4.69, 9.17) is 14.5 Å². The van der Waals surface area contributed by atoms with Gasteiger partial charge in [0.05, 0.1) is 12.7 Å². The summed E-state index contributed by atoms with van der Waals surface area (Å²) in [5.41, 5.74) is 3.23. The summed E-state index contributed by atoms with van der Waals surface area (Å²) in [4.78, 5) is 18.8. The second kappa shape index (κ2) is 11.5. The lowest BCUT2D eigenvalue weighted by Crippen LogP contribution is -2.33. The molecular weight excluding hydrogens is 418 g/mol. The van der Waals surface area contributed by atoms with E-state index in [1.54, 1.807) is 0 Å². The summed E-state index contributed by atoms with van der Waals surface area (Å²) in [6.45, 7) is 5.59. The van der Waals surface area contributed by atoms with Gasteiger partial charge in [0.25, 0.3) is 0 Å². The van der Waals surface area contributed by atoms with Gasteiger partial charge in [-0.25, -0.2) is 4.98 Å². The second-order valence-electron chi connectivity index (χ2n) is 8.82. The molecule has 2 atom stereocenters. The number of nitrogens with zero attached hydrogens (tertiary/aromatic N) is 2. The summed E-state index contributed by atoms with van der Waals surface area (Å²) in [6.07, 6.45) is 6.20. The minimum atomic E-state index is -0.827. The highest BCUT2D eigenvalue weighted by Crippen LogP contribution is 2.28. The van der Waals surface area contributed by atoms with Crippen LogP contribution in [0.1, 0.15) is 55.5 Å². The van der Waals surface area contributed by atoms with Crippen molar-refractivity contribution in [2.75, 3.05) is 38.2 Å². The highest BCUT2D eigenvalue weighted by Gasteiger charge is 2.33. The van der Waals surface area contributed by atoms with Crippen molar-refractivity contribution in [3.63, 3.8) is 0 Å². The van der Waals surface area contributed by atoms with Crippen LogP contribution in [0.25, 0.3) is 0 Å².